The fraction of sp³-hybridized carbons (Fsp3) is 0.176. The molecule has 3 rings (SSSR count). The van der Waals surface area contributed by atoms with E-state index in [0.717, 1.165) is 0 Å². The summed E-state index contributed by atoms with van der Waals surface area (Å²) in [6, 6.07) is 13.3. The summed E-state index contributed by atoms with van der Waals surface area (Å²) in [4.78, 5) is 23.7. The van der Waals surface area contributed by atoms with E-state index in [-0.39, 0.29) is 12.4 Å². The molecule has 2 aromatic rings. The number of benzene rings is 2. The number of rotatable bonds is 3. The lowest BCUT2D eigenvalue weighted by atomic mass is 10.2. The van der Waals surface area contributed by atoms with Gasteiger partial charge in [0.1, 0.15) is 12.4 Å². The zero-order chi connectivity index (χ0) is 16.2. The number of carbonyl (C=O) groups is 2. The van der Waals surface area contributed by atoms with Gasteiger partial charge in [-0.1, -0.05) is 18.2 Å². The molecule has 0 radical (unpaired) electrons. The third-order valence-corrected chi connectivity index (χ3v) is 3.25. The first-order chi connectivity index (χ1) is 11.2. The van der Waals surface area contributed by atoms with Crippen LogP contribution in [0.2, 0.25) is 0 Å². The monoisotopic (exact) mass is 314 g/mol. The van der Waals surface area contributed by atoms with Crippen molar-refractivity contribution >= 4 is 11.9 Å². The van der Waals surface area contributed by atoms with Gasteiger partial charge in [0.2, 0.25) is 6.10 Å². The zero-order valence-corrected chi connectivity index (χ0v) is 12.4. The molecule has 0 fully saturated rings. The van der Waals surface area contributed by atoms with Crippen molar-refractivity contribution in [2.45, 2.75) is 6.10 Å². The minimum Gasteiger partial charge on any atom is -0.485 e. The van der Waals surface area contributed by atoms with Gasteiger partial charge in [0.05, 0.1) is 12.7 Å². The van der Waals surface area contributed by atoms with Gasteiger partial charge in [-0.3, -0.25) is 0 Å². The first-order valence-corrected chi connectivity index (χ1v) is 6.96. The van der Waals surface area contributed by atoms with Crippen LogP contribution in [0.25, 0.3) is 0 Å². The lowest BCUT2D eigenvalue weighted by Crippen LogP contribution is -2.39. The van der Waals surface area contributed by atoms with E-state index < -0.39 is 18.0 Å². The van der Waals surface area contributed by atoms with Crippen molar-refractivity contribution in [3.8, 4) is 17.2 Å². The topological polar surface area (TPSA) is 71.1 Å². The van der Waals surface area contributed by atoms with Gasteiger partial charge < -0.3 is 18.9 Å². The van der Waals surface area contributed by atoms with Crippen molar-refractivity contribution in [3.63, 3.8) is 0 Å². The van der Waals surface area contributed by atoms with Crippen molar-refractivity contribution in [2.75, 3.05) is 13.7 Å². The van der Waals surface area contributed by atoms with Gasteiger partial charge in [-0.05, 0) is 30.3 Å². The Balaban J connectivity index is 1.69. The minimum atomic E-state index is -0.869. The third-order valence-electron chi connectivity index (χ3n) is 3.25. The number of methoxy groups -OCH3 is 1. The van der Waals surface area contributed by atoms with Crippen molar-refractivity contribution < 1.29 is 28.5 Å². The molecule has 1 aliphatic heterocycles. The summed E-state index contributed by atoms with van der Waals surface area (Å²) in [5.41, 5.74) is 0.295. The second kappa shape index (κ2) is 6.39. The smallest absolute Gasteiger partial charge is 0.356 e. The number of hydrogen-bond donors (Lipinski definition) is 0. The van der Waals surface area contributed by atoms with Crippen LogP contribution in [0.15, 0.2) is 48.5 Å². The van der Waals surface area contributed by atoms with E-state index in [1.165, 1.54) is 13.2 Å². The fourth-order valence-electron chi connectivity index (χ4n) is 2.12. The molecule has 0 saturated heterocycles. The molecule has 0 aromatic heterocycles. The van der Waals surface area contributed by atoms with E-state index in [2.05, 4.69) is 4.74 Å². The van der Waals surface area contributed by atoms with E-state index in [9.17, 15) is 9.59 Å². The van der Waals surface area contributed by atoms with Crippen LogP contribution in [-0.4, -0.2) is 31.8 Å². The number of esters is 2. The number of hydrogen-bond acceptors (Lipinski definition) is 6. The Bertz CT molecular complexity index is 739. The minimum absolute atomic E-state index is 0.0620. The molecule has 118 valence electrons. The van der Waals surface area contributed by atoms with Crippen LogP contribution in [-0.2, 0) is 9.53 Å². The van der Waals surface area contributed by atoms with Gasteiger partial charge in [0.25, 0.3) is 0 Å². The molecule has 6 heteroatoms. The quantitative estimate of drug-likeness (QED) is 0.639. The van der Waals surface area contributed by atoms with Crippen LogP contribution in [0.4, 0.5) is 0 Å². The first-order valence-electron chi connectivity index (χ1n) is 6.96. The average molecular weight is 314 g/mol. The van der Waals surface area contributed by atoms with E-state index in [4.69, 9.17) is 14.2 Å². The second-order valence-electron chi connectivity index (χ2n) is 4.80. The maximum Gasteiger partial charge on any atom is 0.356 e. The maximum absolute atomic E-state index is 12.2. The van der Waals surface area contributed by atoms with E-state index in [1.807, 2.05) is 6.07 Å². The molecule has 6 nitrogen and oxygen atoms in total. The fourth-order valence-corrected chi connectivity index (χ4v) is 2.12. The Morgan fingerprint density at radius 3 is 2.65 bits per heavy atom. The summed E-state index contributed by atoms with van der Waals surface area (Å²) in [7, 11) is 1.28. The van der Waals surface area contributed by atoms with Crippen molar-refractivity contribution in [2.24, 2.45) is 0 Å². The average Bonchev–Trinajstić information content (AvgIpc) is 2.60. The zero-order valence-electron chi connectivity index (χ0n) is 12.4. The molecule has 0 spiro atoms. The van der Waals surface area contributed by atoms with Gasteiger partial charge in [-0.25, -0.2) is 9.59 Å². The molecule has 1 atom stereocenters. The molecule has 0 N–H and O–H groups in total. The third kappa shape index (κ3) is 3.26. The first kappa shape index (κ1) is 14.9. The molecule has 0 saturated carbocycles. The van der Waals surface area contributed by atoms with Crippen molar-refractivity contribution in [1.29, 1.82) is 0 Å². The number of fused-ring (bicyclic) bond motifs is 1. The molecular weight excluding hydrogens is 300 g/mol. The molecule has 1 aliphatic rings. The normalized spacial score (nSPS) is 15.6. The molecule has 0 bridgehead atoms. The lowest BCUT2D eigenvalue weighted by molar-refractivity contribution is -0.144. The Kier molecular flexibility index (Phi) is 4.14. The van der Waals surface area contributed by atoms with Gasteiger partial charge in [0.15, 0.2) is 11.5 Å². The summed E-state index contributed by atoms with van der Waals surface area (Å²) < 4.78 is 20.9. The van der Waals surface area contributed by atoms with Crippen LogP contribution in [0.1, 0.15) is 10.4 Å². The predicted molar refractivity (Wildman–Crippen MR) is 79.8 cm³/mol. The summed E-state index contributed by atoms with van der Waals surface area (Å²) >= 11 is 0. The van der Waals surface area contributed by atoms with Crippen molar-refractivity contribution in [3.05, 3.63) is 54.1 Å². The Morgan fingerprint density at radius 2 is 1.87 bits per heavy atom. The number of ether oxygens (including phenoxy) is 4. The number of para-hydroxylation sites is 2. The highest BCUT2D eigenvalue weighted by Gasteiger charge is 2.29. The molecule has 0 unspecified atom stereocenters. The highest BCUT2D eigenvalue weighted by Crippen LogP contribution is 2.31. The highest BCUT2D eigenvalue weighted by molar-refractivity contribution is 5.90. The Hall–Kier alpha value is -3.02. The van der Waals surface area contributed by atoms with E-state index in [1.54, 1.807) is 36.4 Å². The molecule has 2 aromatic carbocycles. The summed E-state index contributed by atoms with van der Waals surface area (Å²) in [5.74, 6) is 0.212. The Labute approximate surface area is 132 Å². The maximum atomic E-state index is 12.2. The predicted octanol–water partition coefficient (Wildman–Crippen LogP) is 2.22. The highest BCUT2D eigenvalue weighted by atomic mass is 16.6. The molecule has 0 amide bonds. The van der Waals surface area contributed by atoms with Crippen LogP contribution in [0.5, 0.6) is 17.2 Å². The van der Waals surface area contributed by atoms with Crippen LogP contribution in [0.3, 0.4) is 0 Å². The standard InChI is InChI=1S/C17H14O6/c1-20-16(18)11-5-4-6-12(9-11)22-17(19)15-10-21-13-7-2-3-8-14(13)23-15/h2-9,15H,10H2,1H3/t15-/m0/s1. The summed E-state index contributed by atoms with van der Waals surface area (Å²) in [6.45, 7) is 0.0620. The molecule has 23 heavy (non-hydrogen) atoms. The van der Waals surface area contributed by atoms with Gasteiger partial charge >= 0.3 is 11.9 Å². The van der Waals surface area contributed by atoms with Crippen molar-refractivity contribution in [1.82, 2.24) is 0 Å². The SMILES string of the molecule is COC(=O)c1cccc(OC(=O)[C@@H]2COc3ccccc3O2)c1. The Morgan fingerprint density at radius 1 is 1.09 bits per heavy atom. The van der Waals surface area contributed by atoms with Crippen LogP contribution < -0.4 is 14.2 Å². The number of carbonyl (C=O) groups excluding carboxylic acids is 2. The van der Waals surface area contributed by atoms with Crippen LogP contribution in [0, 0.1) is 0 Å². The van der Waals surface area contributed by atoms with E-state index >= 15 is 0 Å². The van der Waals surface area contributed by atoms with E-state index in [0.29, 0.717) is 17.1 Å². The molecule has 1 heterocycles. The lowest BCUT2D eigenvalue weighted by Gasteiger charge is -2.24. The summed E-state index contributed by atoms with van der Waals surface area (Å²) in [6.07, 6.45) is -0.869. The summed E-state index contributed by atoms with van der Waals surface area (Å²) in [5, 5.41) is 0. The second-order valence-corrected chi connectivity index (χ2v) is 4.80. The molecular formula is C17H14O6. The van der Waals surface area contributed by atoms with Gasteiger partial charge in [-0.2, -0.15) is 0 Å². The molecule has 0 aliphatic carbocycles. The van der Waals surface area contributed by atoms with Crippen LogP contribution >= 0.6 is 0 Å². The van der Waals surface area contributed by atoms with Gasteiger partial charge in [-0.15, -0.1) is 0 Å². The largest absolute Gasteiger partial charge is 0.485 e. The van der Waals surface area contributed by atoms with Gasteiger partial charge in [0, 0.05) is 0 Å².